The van der Waals surface area contributed by atoms with Crippen LogP contribution in [0.1, 0.15) is 11.1 Å². The molecule has 0 aliphatic heterocycles. The highest BCUT2D eigenvalue weighted by molar-refractivity contribution is 6.30. The molecular formula is C19H9ClF5N3. The van der Waals surface area contributed by atoms with E-state index in [2.05, 4.69) is 4.98 Å². The minimum atomic E-state index is -2.30. The van der Waals surface area contributed by atoms with Crippen molar-refractivity contribution in [2.24, 2.45) is 0 Å². The summed E-state index contributed by atoms with van der Waals surface area (Å²) >= 11 is 5.83. The summed E-state index contributed by atoms with van der Waals surface area (Å²) in [6.07, 6.45) is 0. The van der Waals surface area contributed by atoms with Gasteiger partial charge in [-0.3, -0.25) is 0 Å². The number of nitrogen functional groups attached to an aromatic ring is 1. The topological polar surface area (TPSA) is 62.7 Å². The molecule has 28 heavy (non-hydrogen) atoms. The monoisotopic (exact) mass is 409 g/mol. The van der Waals surface area contributed by atoms with E-state index < -0.39 is 51.6 Å². The lowest BCUT2D eigenvalue weighted by molar-refractivity contribution is 0.381. The molecule has 2 aromatic carbocycles. The van der Waals surface area contributed by atoms with Crippen molar-refractivity contribution in [3.8, 4) is 28.5 Å². The van der Waals surface area contributed by atoms with Crippen LogP contribution in [0.15, 0.2) is 24.3 Å². The molecule has 0 saturated carbocycles. The zero-order chi connectivity index (χ0) is 20.7. The van der Waals surface area contributed by atoms with Crippen LogP contribution in [-0.4, -0.2) is 4.98 Å². The van der Waals surface area contributed by atoms with E-state index in [9.17, 15) is 27.2 Å². The van der Waals surface area contributed by atoms with E-state index in [1.165, 1.54) is 31.2 Å². The highest BCUT2D eigenvalue weighted by Crippen LogP contribution is 2.40. The molecule has 0 saturated heterocycles. The molecule has 9 heteroatoms. The van der Waals surface area contributed by atoms with Gasteiger partial charge in [0.05, 0.1) is 11.3 Å². The number of nitrogens with two attached hydrogens (primary N) is 1. The Balaban J connectivity index is 2.46. The van der Waals surface area contributed by atoms with Gasteiger partial charge >= 0.3 is 0 Å². The van der Waals surface area contributed by atoms with Crippen LogP contribution in [0.3, 0.4) is 0 Å². The van der Waals surface area contributed by atoms with Crippen molar-refractivity contribution in [3.63, 3.8) is 0 Å². The second-order valence-electron chi connectivity index (χ2n) is 5.78. The number of pyridine rings is 1. The highest BCUT2D eigenvalue weighted by Gasteiger charge is 2.30. The third-order valence-corrected chi connectivity index (χ3v) is 4.41. The summed E-state index contributed by atoms with van der Waals surface area (Å²) in [5.41, 5.74) is 4.02. The average Bonchev–Trinajstić information content (AvgIpc) is 2.68. The van der Waals surface area contributed by atoms with Gasteiger partial charge in [0.2, 0.25) is 5.82 Å². The summed E-state index contributed by atoms with van der Waals surface area (Å²) < 4.78 is 69.6. The fourth-order valence-corrected chi connectivity index (χ4v) is 2.96. The van der Waals surface area contributed by atoms with Crippen LogP contribution in [0.2, 0.25) is 5.02 Å². The van der Waals surface area contributed by atoms with Crippen molar-refractivity contribution in [1.29, 1.82) is 5.26 Å². The zero-order valence-electron chi connectivity index (χ0n) is 14.0. The minimum absolute atomic E-state index is 0.0104. The van der Waals surface area contributed by atoms with Gasteiger partial charge in [0.1, 0.15) is 17.5 Å². The molecule has 0 spiro atoms. The van der Waals surface area contributed by atoms with Crippen LogP contribution >= 0.6 is 11.6 Å². The Morgan fingerprint density at radius 2 is 1.39 bits per heavy atom. The van der Waals surface area contributed by atoms with Crippen LogP contribution in [0.25, 0.3) is 22.4 Å². The third-order valence-electron chi connectivity index (χ3n) is 4.16. The zero-order valence-corrected chi connectivity index (χ0v) is 14.8. The van der Waals surface area contributed by atoms with Crippen LogP contribution in [-0.2, 0) is 0 Å². The smallest absolute Gasteiger partial charge is 0.200 e. The maximum Gasteiger partial charge on any atom is 0.200 e. The van der Waals surface area contributed by atoms with Gasteiger partial charge in [-0.25, -0.2) is 26.9 Å². The SMILES string of the molecule is Cc1c(-c2ccc(Cl)cc2)nc(N)c(C#N)c1-c1c(F)c(F)c(F)c(F)c1F. The lowest BCUT2D eigenvalue weighted by atomic mass is 9.92. The van der Waals surface area contributed by atoms with Gasteiger partial charge in [-0.15, -0.1) is 0 Å². The number of anilines is 1. The van der Waals surface area contributed by atoms with Crippen molar-refractivity contribution in [2.45, 2.75) is 6.92 Å². The Labute approximate surface area is 160 Å². The summed E-state index contributed by atoms with van der Waals surface area (Å²) in [6, 6.07) is 7.72. The van der Waals surface area contributed by atoms with Crippen molar-refractivity contribution >= 4 is 17.4 Å². The molecular weight excluding hydrogens is 401 g/mol. The van der Waals surface area contributed by atoms with Gasteiger partial charge in [-0.2, -0.15) is 5.26 Å². The lowest BCUT2D eigenvalue weighted by Crippen LogP contribution is -2.09. The molecule has 3 aromatic rings. The Hall–Kier alpha value is -3.18. The van der Waals surface area contributed by atoms with Gasteiger partial charge < -0.3 is 5.73 Å². The van der Waals surface area contributed by atoms with Crippen LogP contribution in [0, 0.1) is 47.3 Å². The second kappa shape index (κ2) is 7.09. The van der Waals surface area contributed by atoms with Gasteiger partial charge in [0.15, 0.2) is 23.3 Å². The Morgan fingerprint density at radius 3 is 1.89 bits per heavy atom. The molecule has 0 radical (unpaired) electrons. The second-order valence-corrected chi connectivity index (χ2v) is 6.22. The fraction of sp³-hybridized carbons (Fsp3) is 0.0526. The molecule has 0 aliphatic carbocycles. The molecule has 0 atom stereocenters. The first-order valence-corrected chi connectivity index (χ1v) is 8.04. The number of nitriles is 1. The predicted molar refractivity (Wildman–Crippen MR) is 93.8 cm³/mol. The molecule has 2 N–H and O–H groups in total. The maximum absolute atomic E-state index is 14.4. The van der Waals surface area contributed by atoms with Crippen molar-refractivity contribution < 1.29 is 22.0 Å². The fourth-order valence-electron chi connectivity index (χ4n) is 2.83. The Bertz CT molecular complexity index is 1130. The van der Waals surface area contributed by atoms with E-state index in [0.29, 0.717) is 10.6 Å². The van der Waals surface area contributed by atoms with Gasteiger partial charge in [0.25, 0.3) is 0 Å². The lowest BCUT2D eigenvalue weighted by Gasteiger charge is -2.17. The van der Waals surface area contributed by atoms with Gasteiger partial charge in [-0.05, 0) is 24.6 Å². The van der Waals surface area contributed by atoms with E-state index in [1.54, 1.807) is 6.07 Å². The molecule has 1 heterocycles. The van der Waals surface area contributed by atoms with Gasteiger partial charge in [-0.1, -0.05) is 23.7 Å². The molecule has 0 bridgehead atoms. The first-order chi connectivity index (χ1) is 13.2. The standard InChI is InChI=1S/C19H9ClF5N3/c1-7-11(12-13(21)15(23)17(25)16(24)14(12)22)10(6-26)19(27)28-18(7)8-2-4-9(20)5-3-8/h2-5H,1H3,(H2,27,28). The van der Waals surface area contributed by atoms with E-state index in [0.717, 1.165) is 0 Å². The number of benzene rings is 2. The van der Waals surface area contributed by atoms with Crippen LogP contribution in [0.4, 0.5) is 27.8 Å². The quantitative estimate of drug-likeness (QED) is 0.344. The molecule has 142 valence electrons. The summed E-state index contributed by atoms with van der Waals surface area (Å²) in [5.74, 6) is -11.1. The third kappa shape index (κ3) is 2.94. The van der Waals surface area contributed by atoms with Crippen LogP contribution < -0.4 is 5.73 Å². The number of nitrogens with zero attached hydrogens (tertiary/aromatic N) is 2. The average molecular weight is 410 g/mol. The Kier molecular flexibility index (Phi) is 4.96. The number of rotatable bonds is 2. The van der Waals surface area contributed by atoms with Crippen LogP contribution in [0.5, 0.6) is 0 Å². The summed E-state index contributed by atoms with van der Waals surface area (Å²) in [7, 11) is 0. The number of hydrogen-bond acceptors (Lipinski definition) is 3. The predicted octanol–water partition coefficient (Wildman–Crippen LogP) is 5.53. The molecule has 3 rings (SSSR count). The number of hydrogen-bond donors (Lipinski definition) is 1. The van der Waals surface area contributed by atoms with Crippen molar-refractivity contribution in [1.82, 2.24) is 4.98 Å². The summed E-state index contributed by atoms with van der Waals surface area (Å²) in [4.78, 5) is 4.06. The van der Waals surface area contributed by atoms with E-state index in [1.807, 2.05) is 0 Å². The van der Waals surface area contributed by atoms with E-state index >= 15 is 0 Å². The first-order valence-electron chi connectivity index (χ1n) is 7.66. The maximum atomic E-state index is 14.4. The summed E-state index contributed by atoms with van der Waals surface area (Å²) in [6.45, 7) is 1.34. The van der Waals surface area contributed by atoms with Crippen molar-refractivity contribution in [3.05, 3.63) is 69.5 Å². The summed E-state index contributed by atoms with van der Waals surface area (Å²) in [5, 5.41) is 9.77. The highest BCUT2D eigenvalue weighted by atomic mass is 35.5. The van der Waals surface area contributed by atoms with Gasteiger partial charge in [0, 0.05) is 16.1 Å². The molecule has 0 aliphatic rings. The number of halogens is 6. The van der Waals surface area contributed by atoms with E-state index in [4.69, 9.17) is 17.3 Å². The Morgan fingerprint density at radius 1 is 0.893 bits per heavy atom. The molecule has 1 aromatic heterocycles. The molecule has 0 fully saturated rings. The van der Waals surface area contributed by atoms with E-state index in [-0.39, 0.29) is 11.3 Å². The van der Waals surface area contributed by atoms with Crippen molar-refractivity contribution in [2.75, 3.05) is 5.73 Å². The minimum Gasteiger partial charge on any atom is -0.383 e. The molecule has 3 nitrogen and oxygen atoms in total. The largest absolute Gasteiger partial charge is 0.383 e. The number of aromatic nitrogens is 1. The first kappa shape index (κ1) is 19.6. The molecule has 0 unspecified atom stereocenters. The normalized spacial score (nSPS) is 10.8. The molecule has 0 amide bonds.